The van der Waals surface area contributed by atoms with Crippen molar-refractivity contribution in [1.29, 1.82) is 0 Å². The lowest BCUT2D eigenvalue weighted by molar-refractivity contribution is 0.658. The second-order valence-corrected chi connectivity index (χ2v) is 14.3. The first-order valence-corrected chi connectivity index (χ1v) is 17.8. The third-order valence-electron chi connectivity index (χ3n) is 11.5. The highest BCUT2D eigenvalue weighted by molar-refractivity contribution is 6.23. The maximum Gasteiger partial charge on any atom is 0.223 e. The van der Waals surface area contributed by atoms with Gasteiger partial charge in [-0.2, -0.15) is 0 Å². The van der Waals surface area contributed by atoms with Gasteiger partial charge in [-0.3, -0.25) is 8.80 Å². The van der Waals surface area contributed by atoms with Gasteiger partial charge in [0, 0.05) is 21.5 Å². The van der Waals surface area contributed by atoms with E-state index in [2.05, 4.69) is 128 Å². The molecular formula is C46H23N5O2. The zero-order valence-corrected chi connectivity index (χ0v) is 27.8. The van der Waals surface area contributed by atoms with Gasteiger partial charge in [-0.1, -0.05) is 84.9 Å². The van der Waals surface area contributed by atoms with Crippen LogP contribution < -0.4 is 0 Å². The molecule has 8 aromatic carbocycles. The van der Waals surface area contributed by atoms with Crippen molar-refractivity contribution in [2.75, 3.05) is 0 Å². The fourth-order valence-electron chi connectivity index (χ4n) is 9.18. The molecule has 0 saturated carbocycles. The predicted octanol–water partition coefficient (Wildman–Crippen LogP) is 11.9. The van der Waals surface area contributed by atoms with E-state index in [4.69, 9.17) is 18.8 Å². The van der Waals surface area contributed by atoms with Gasteiger partial charge >= 0.3 is 0 Å². The molecule has 0 unspecified atom stereocenters. The van der Waals surface area contributed by atoms with Crippen molar-refractivity contribution in [1.82, 2.24) is 23.2 Å². The summed E-state index contributed by atoms with van der Waals surface area (Å²) in [5, 5.41) is 8.96. The van der Waals surface area contributed by atoms with Crippen LogP contribution in [-0.2, 0) is 0 Å². The van der Waals surface area contributed by atoms with Gasteiger partial charge in [-0.25, -0.2) is 14.4 Å². The van der Waals surface area contributed by atoms with E-state index < -0.39 is 0 Å². The minimum absolute atomic E-state index is 0.807. The van der Waals surface area contributed by atoms with Crippen molar-refractivity contribution in [3.63, 3.8) is 0 Å². The molecule has 0 spiro atoms. The monoisotopic (exact) mass is 677 g/mol. The average molecular weight is 678 g/mol. The Bertz CT molecular complexity index is 3680. The molecule has 14 aromatic rings. The van der Waals surface area contributed by atoms with Crippen LogP contribution in [0.5, 0.6) is 0 Å². The number of aromatic nitrogens is 5. The summed E-state index contributed by atoms with van der Waals surface area (Å²) in [7, 11) is 0. The highest BCUT2D eigenvalue weighted by Crippen LogP contribution is 2.46. The van der Waals surface area contributed by atoms with E-state index in [0.29, 0.717) is 0 Å². The summed E-state index contributed by atoms with van der Waals surface area (Å²) in [5.74, 6) is 1.66. The van der Waals surface area contributed by atoms with Crippen LogP contribution in [0.15, 0.2) is 148 Å². The molecule has 0 radical (unpaired) electrons. The van der Waals surface area contributed by atoms with Gasteiger partial charge < -0.3 is 8.83 Å². The molecule has 0 atom stereocenters. The highest BCUT2D eigenvalue weighted by atomic mass is 16.3. The summed E-state index contributed by atoms with van der Waals surface area (Å²) >= 11 is 0. The molecule has 7 nitrogen and oxygen atoms in total. The first kappa shape index (κ1) is 26.4. The first-order valence-electron chi connectivity index (χ1n) is 17.8. The van der Waals surface area contributed by atoms with Gasteiger partial charge in [0.15, 0.2) is 0 Å². The van der Waals surface area contributed by atoms with Crippen molar-refractivity contribution < 1.29 is 8.83 Å². The van der Waals surface area contributed by atoms with Crippen molar-refractivity contribution in [2.45, 2.75) is 0 Å². The number of nitrogens with zero attached hydrogens (tertiary/aromatic N) is 5. The Kier molecular flexibility index (Phi) is 4.44. The van der Waals surface area contributed by atoms with Crippen molar-refractivity contribution in [3.05, 3.63) is 140 Å². The SMILES string of the molecule is c1ccc2cc3c(cc2c1)nc1n3c2cc(-c3c4oc5ccccc5c4cc4c3oc3ccccc34)cc3c2n1c1nc2cc4ccccc4cc2n31. The van der Waals surface area contributed by atoms with E-state index >= 15 is 0 Å². The van der Waals surface area contributed by atoms with E-state index in [-0.39, 0.29) is 0 Å². The van der Waals surface area contributed by atoms with Gasteiger partial charge in [0.2, 0.25) is 11.6 Å². The van der Waals surface area contributed by atoms with Crippen LogP contribution in [0.25, 0.3) is 127 Å². The lowest BCUT2D eigenvalue weighted by atomic mass is 9.98. The predicted molar refractivity (Wildman–Crippen MR) is 214 cm³/mol. The molecule has 0 saturated heterocycles. The fourth-order valence-corrected chi connectivity index (χ4v) is 9.18. The molecule has 0 fully saturated rings. The number of benzene rings is 8. The molecule has 14 rings (SSSR count). The lowest BCUT2D eigenvalue weighted by Crippen LogP contribution is -1.89. The molecule has 244 valence electrons. The zero-order chi connectivity index (χ0) is 34.1. The first-order chi connectivity index (χ1) is 26.2. The van der Waals surface area contributed by atoms with Crippen LogP contribution in [0, 0.1) is 0 Å². The molecule has 7 heteroatoms. The topological polar surface area (TPSA) is 65.3 Å². The van der Waals surface area contributed by atoms with E-state index in [1.54, 1.807) is 0 Å². The third kappa shape index (κ3) is 3.14. The summed E-state index contributed by atoms with van der Waals surface area (Å²) in [5.41, 5.74) is 12.4. The summed E-state index contributed by atoms with van der Waals surface area (Å²) in [6, 6.07) is 49.3. The number of rotatable bonds is 1. The number of hydrogen-bond acceptors (Lipinski definition) is 4. The van der Waals surface area contributed by atoms with Gasteiger partial charge in [-0.05, 0) is 81.7 Å². The molecule has 0 bridgehead atoms. The molecule has 0 aliphatic heterocycles. The van der Waals surface area contributed by atoms with E-state index in [0.717, 1.165) is 116 Å². The second kappa shape index (κ2) is 8.91. The summed E-state index contributed by atoms with van der Waals surface area (Å²) < 4.78 is 20.4. The van der Waals surface area contributed by atoms with Crippen LogP contribution in [0.4, 0.5) is 0 Å². The fraction of sp³-hybridized carbons (Fsp3) is 0. The van der Waals surface area contributed by atoms with Crippen molar-refractivity contribution >= 4 is 116 Å². The lowest BCUT2D eigenvalue weighted by Gasteiger charge is -2.07. The Balaban J connectivity index is 1.23. The average Bonchev–Trinajstić information content (AvgIpc) is 4.02. The molecule has 53 heavy (non-hydrogen) atoms. The van der Waals surface area contributed by atoms with Crippen LogP contribution in [-0.4, -0.2) is 23.2 Å². The van der Waals surface area contributed by atoms with Gasteiger partial charge in [0.25, 0.3) is 0 Å². The minimum atomic E-state index is 0.807. The van der Waals surface area contributed by atoms with E-state index in [9.17, 15) is 0 Å². The van der Waals surface area contributed by atoms with Gasteiger partial charge in [-0.15, -0.1) is 0 Å². The van der Waals surface area contributed by atoms with Gasteiger partial charge in [0.05, 0.1) is 38.7 Å². The largest absolute Gasteiger partial charge is 0.455 e. The number of para-hydroxylation sites is 2. The van der Waals surface area contributed by atoms with E-state index in [1.165, 1.54) is 10.8 Å². The minimum Gasteiger partial charge on any atom is -0.455 e. The Labute approximate surface area is 297 Å². The standard InChI is InChI=1S/C46H23N5O2/c1-3-11-26-19-35-33(17-24(26)9-1)47-45-49(35)37-21-28(22-38-42(37)51(45)46-48-34-18-25-10-2-4-12-27(25)20-36(34)50(38)46)41-43-31(29-13-5-7-15-39(29)52-43)23-32-30-14-6-8-16-40(30)53-44(32)41/h1-23H. The quantitative estimate of drug-likeness (QED) is 0.173. The second-order valence-electron chi connectivity index (χ2n) is 14.3. The zero-order valence-electron chi connectivity index (χ0n) is 27.8. The Hall–Kier alpha value is -7.38. The van der Waals surface area contributed by atoms with Crippen molar-refractivity contribution in [2.24, 2.45) is 0 Å². The van der Waals surface area contributed by atoms with Crippen LogP contribution in [0.1, 0.15) is 0 Å². The molecule has 0 N–H and O–H groups in total. The molecule has 0 amide bonds. The smallest absolute Gasteiger partial charge is 0.223 e. The maximum absolute atomic E-state index is 6.78. The summed E-state index contributed by atoms with van der Waals surface area (Å²) in [4.78, 5) is 10.7. The third-order valence-corrected chi connectivity index (χ3v) is 11.5. The summed E-state index contributed by atoms with van der Waals surface area (Å²) in [6.07, 6.45) is 0. The van der Waals surface area contributed by atoms with Crippen LogP contribution in [0.2, 0.25) is 0 Å². The molecular weight excluding hydrogens is 655 g/mol. The molecule has 6 aromatic heterocycles. The molecule has 6 heterocycles. The molecule has 0 aliphatic rings. The maximum atomic E-state index is 6.78. The number of hydrogen-bond donors (Lipinski definition) is 0. The van der Waals surface area contributed by atoms with Crippen LogP contribution in [0.3, 0.4) is 0 Å². The number of furan rings is 2. The highest BCUT2D eigenvalue weighted by Gasteiger charge is 2.27. The molecule has 0 aliphatic carbocycles. The normalized spacial score (nSPS) is 12.9. The van der Waals surface area contributed by atoms with Gasteiger partial charge in [0.1, 0.15) is 27.8 Å². The Morgan fingerprint density at radius 2 is 0.849 bits per heavy atom. The number of imidazole rings is 4. The Morgan fingerprint density at radius 1 is 0.396 bits per heavy atom. The van der Waals surface area contributed by atoms with Crippen molar-refractivity contribution in [3.8, 4) is 11.1 Å². The van der Waals surface area contributed by atoms with E-state index in [1.807, 2.05) is 24.3 Å². The number of fused-ring (bicyclic) bond motifs is 18. The summed E-state index contributed by atoms with van der Waals surface area (Å²) in [6.45, 7) is 0. The Morgan fingerprint density at radius 3 is 1.36 bits per heavy atom. The van der Waals surface area contributed by atoms with Crippen LogP contribution >= 0.6 is 0 Å².